The lowest BCUT2D eigenvalue weighted by Gasteiger charge is -2.21. The van der Waals surface area contributed by atoms with Crippen molar-refractivity contribution in [3.8, 4) is 16.9 Å². The topological polar surface area (TPSA) is 57.7 Å². The van der Waals surface area contributed by atoms with Gasteiger partial charge in [-0.1, -0.05) is 25.0 Å². The van der Waals surface area contributed by atoms with E-state index in [2.05, 4.69) is 52.3 Å². The Kier molecular flexibility index (Phi) is 6.49. The van der Waals surface area contributed by atoms with E-state index in [1.165, 1.54) is 54.3 Å². The summed E-state index contributed by atoms with van der Waals surface area (Å²) >= 11 is 0. The number of aromatic nitrogens is 1. The van der Waals surface area contributed by atoms with E-state index >= 15 is 0 Å². The van der Waals surface area contributed by atoms with Crippen molar-refractivity contribution in [1.82, 2.24) is 9.88 Å². The first-order valence-electron chi connectivity index (χ1n) is 12.0. The molecule has 2 fully saturated rings. The average Bonchev–Trinajstić information content (AvgIpc) is 3.57. The SMILES string of the molecule is COc1ccc(-c2ccc3[nH]c(CN4CCC[C@@H]4CO)cc3c2)cc1COC1CCCC1. The number of fused-ring (bicyclic) bond motifs is 1. The molecule has 1 saturated carbocycles. The summed E-state index contributed by atoms with van der Waals surface area (Å²) in [4.78, 5) is 5.94. The fraction of sp³-hybridized carbons (Fsp3) is 0.481. The number of aliphatic hydroxyl groups excluding tert-OH is 1. The fourth-order valence-corrected chi connectivity index (χ4v) is 5.32. The predicted molar refractivity (Wildman–Crippen MR) is 128 cm³/mol. The Morgan fingerprint density at radius 1 is 1.00 bits per heavy atom. The van der Waals surface area contributed by atoms with Gasteiger partial charge >= 0.3 is 0 Å². The van der Waals surface area contributed by atoms with Crippen molar-refractivity contribution in [2.24, 2.45) is 0 Å². The number of nitrogens with one attached hydrogen (secondary N) is 1. The van der Waals surface area contributed by atoms with Crippen molar-refractivity contribution in [2.75, 3.05) is 20.3 Å². The molecule has 0 bridgehead atoms. The molecule has 0 amide bonds. The van der Waals surface area contributed by atoms with Crippen LogP contribution in [0.5, 0.6) is 5.75 Å². The molecular formula is C27H34N2O3. The van der Waals surface area contributed by atoms with E-state index in [0.29, 0.717) is 18.8 Å². The van der Waals surface area contributed by atoms with Gasteiger partial charge in [0.2, 0.25) is 0 Å². The summed E-state index contributed by atoms with van der Waals surface area (Å²) in [7, 11) is 1.73. The first-order chi connectivity index (χ1) is 15.7. The quantitative estimate of drug-likeness (QED) is 0.508. The molecule has 1 atom stereocenters. The number of aromatic amines is 1. The van der Waals surface area contributed by atoms with Crippen molar-refractivity contribution < 1.29 is 14.6 Å². The van der Waals surface area contributed by atoms with Crippen LogP contribution in [-0.2, 0) is 17.9 Å². The lowest BCUT2D eigenvalue weighted by Crippen LogP contribution is -2.31. The smallest absolute Gasteiger partial charge is 0.124 e. The van der Waals surface area contributed by atoms with Gasteiger partial charge < -0.3 is 19.6 Å². The van der Waals surface area contributed by atoms with Crippen LogP contribution in [0.25, 0.3) is 22.0 Å². The van der Waals surface area contributed by atoms with Crippen molar-refractivity contribution in [2.45, 2.75) is 63.8 Å². The average molecular weight is 435 g/mol. The number of hydrogen-bond acceptors (Lipinski definition) is 4. The third-order valence-corrected chi connectivity index (χ3v) is 7.15. The molecule has 1 saturated heterocycles. The molecule has 1 aliphatic heterocycles. The van der Waals surface area contributed by atoms with Gasteiger partial charge in [0.15, 0.2) is 0 Å². The Balaban J connectivity index is 1.36. The van der Waals surface area contributed by atoms with Gasteiger partial charge in [0.1, 0.15) is 5.75 Å². The zero-order valence-corrected chi connectivity index (χ0v) is 19.0. The standard InChI is InChI=1S/C27H34N2O3/c1-31-27-11-9-20(14-22(27)18-32-25-6-2-3-7-25)19-8-10-26-21(13-19)15-23(28-26)16-29-12-4-5-24(29)17-30/h8-11,13-15,24-25,28,30H,2-7,12,16-18H2,1H3/t24-/m1/s1. The van der Waals surface area contributed by atoms with E-state index in [9.17, 15) is 5.11 Å². The van der Waals surface area contributed by atoms with Crippen LogP contribution in [0.1, 0.15) is 49.8 Å². The second kappa shape index (κ2) is 9.65. The van der Waals surface area contributed by atoms with Gasteiger partial charge in [-0.05, 0) is 73.7 Å². The lowest BCUT2D eigenvalue weighted by molar-refractivity contribution is 0.0446. The summed E-state index contributed by atoms with van der Waals surface area (Å²) in [5.74, 6) is 0.890. The third-order valence-electron chi connectivity index (χ3n) is 7.15. The van der Waals surface area contributed by atoms with Crippen LogP contribution in [0.3, 0.4) is 0 Å². The number of rotatable bonds is 8. The summed E-state index contributed by atoms with van der Waals surface area (Å²) in [6, 6.07) is 15.5. The molecule has 3 aromatic rings. The number of ether oxygens (including phenoxy) is 2. The number of likely N-dealkylation sites (tertiary alicyclic amines) is 1. The van der Waals surface area contributed by atoms with Gasteiger partial charge in [-0.2, -0.15) is 0 Å². The number of H-pyrrole nitrogens is 1. The highest BCUT2D eigenvalue weighted by atomic mass is 16.5. The van der Waals surface area contributed by atoms with Crippen LogP contribution in [0.2, 0.25) is 0 Å². The van der Waals surface area contributed by atoms with E-state index in [0.717, 1.165) is 36.3 Å². The first-order valence-corrected chi connectivity index (χ1v) is 12.0. The minimum Gasteiger partial charge on any atom is -0.496 e. The van der Waals surface area contributed by atoms with Gasteiger partial charge in [0, 0.05) is 34.7 Å². The zero-order valence-electron chi connectivity index (χ0n) is 19.0. The maximum Gasteiger partial charge on any atom is 0.124 e. The molecule has 5 rings (SSSR count). The van der Waals surface area contributed by atoms with E-state index in [1.54, 1.807) is 7.11 Å². The molecule has 1 aliphatic carbocycles. The van der Waals surface area contributed by atoms with E-state index < -0.39 is 0 Å². The highest BCUT2D eigenvalue weighted by Crippen LogP contribution is 2.31. The van der Waals surface area contributed by atoms with Gasteiger partial charge in [0.25, 0.3) is 0 Å². The zero-order chi connectivity index (χ0) is 21.9. The number of nitrogens with zero attached hydrogens (tertiary/aromatic N) is 1. The van der Waals surface area contributed by atoms with Crippen molar-refractivity contribution in [3.05, 3.63) is 53.7 Å². The summed E-state index contributed by atoms with van der Waals surface area (Å²) in [5.41, 5.74) is 5.85. The minimum atomic E-state index is 0.245. The molecule has 5 nitrogen and oxygen atoms in total. The predicted octanol–water partition coefficient (Wildman–Crippen LogP) is 5.26. The Hall–Kier alpha value is -2.34. The number of hydrogen-bond donors (Lipinski definition) is 2. The maximum absolute atomic E-state index is 9.61. The summed E-state index contributed by atoms with van der Waals surface area (Å²) in [6.45, 7) is 2.76. The van der Waals surface area contributed by atoms with Crippen molar-refractivity contribution >= 4 is 10.9 Å². The molecule has 2 heterocycles. The van der Waals surface area contributed by atoms with E-state index in [-0.39, 0.29) is 6.61 Å². The molecular weight excluding hydrogens is 400 g/mol. The van der Waals surface area contributed by atoms with Crippen LogP contribution in [0.4, 0.5) is 0 Å². The molecule has 2 aromatic carbocycles. The highest BCUT2D eigenvalue weighted by Gasteiger charge is 2.24. The summed E-state index contributed by atoms with van der Waals surface area (Å²) in [5, 5.41) is 10.8. The van der Waals surface area contributed by atoms with E-state index in [4.69, 9.17) is 9.47 Å². The van der Waals surface area contributed by atoms with Crippen LogP contribution in [0.15, 0.2) is 42.5 Å². The van der Waals surface area contributed by atoms with Crippen molar-refractivity contribution in [3.63, 3.8) is 0 Å². The van der Waals surface area contributed by atoms with Crippen LogP contribution < -0.4 is 4.74 Å². The monoisotopic (exact) mass is 434 g/mol. The lowest BCUT2D eigenvalue weighted by atomic mass is 10.0. The van der Waals surface area contributed by atoms with Gasteiger partial charge in [0.05, 0.1) is 26.4 Å². The molecule has 1 aromatic heterocycles. The molecule has 0 radical (unpaired) electrons. The van der Waals surface area contributed by atoms with Crippen LogP contribution in [0, 0.1) is 0 Å². The number of methoxy groups -OCH3 is 1. The van der Waals surface area contributed by atoms with Gasteiger partial charge in [-0.3, -0.25) is 4.90 Å². The van der Waals surface area contributed by atoms with Gasteiger partial charge in [-0.25, -0.2) is 0 Å². The largest absolute Gasteiger partial charge is 0.496 e. The first kappa shape index (κ1) is 21.5. The van der Waals surface area contributed by atoms with E-state index in [1.807, 2.05) is 0 Å². The highest BCUT2D eigenvalue weighted by molar-refractivity contribution is 5.86. The molecule has 0 spiro atoms. The van der Waals surface area contributed by atoms with Crippen LogP contribution >= 0.6 is 0 Å². The normalized spacial score (nSPS) is 19.9. The molecule has 0 unspecified atom stereocenters. The molecule has 2 N–H and O–H groups in total. The summed E-state index contributed by atoms with van der Waals surface area (Å²) < 4.78 is 11.8. The Bertz CT molecular complexity index is 1050. The molecule has 170 valence electrons. The Morgan fingerprint density at radius 2 is 1.81 bits per heavy atom. The number of aliphatic hydroxyl groups is 1. The second-order valence-corrected chi connectivity index (χ2v) is 9.29. The maximum atomic E-state index is 9.61. The Morgan fingerprint density at radius 3 is 2.62 bits per heavy atom. The number of benzene rings is 2. The minimum absolute atomic E-state index is 0.245. The molecule has 32 heavy (non-hydrogen) atoms. The van der Waals surface area contributed by atoms with Crippen LogP contribution in [-0.4, -0.2) is 47.4 Å². The third kappa shape index (κ3) is 4.56. The molecule has 2 aliphatic rings. The molecule has 5 heteroatoms. The Labute approximate surface area is 190 Å². The second-order valence-electron chi connectivity index (χ2n) is 9.29. The van der Waals surface area contributed by atoms with Gasteiger partial charge in [-0.15, -0.1) is 0 Å². The summed E-state index contributed by atoms with van der Waals surface area (Å²) in [6.07, 6.45) is 7.54. The fourth-order valence-electron chi connectivity index (χ4n) is 5.32. The van der Waals surface area contributed by atoms with Crippen molar-refractivity contribution in [1.29, 1.82) is 0 Å².